The number of piperidine rings is 3. The Bertz CT molecular complexity index is 1130. The number of aromatic nitrogens is 1. The van der Waals surface area contributed by atoms with Crippen molar-refractivity contribution in [1.29, 1.82) is 0 Å². The third-order valence-electron chi connectivity index (χ3n) is 9.36. The Hall–Kier alpha value is -2.96. The monoisotopic (exact) mass is 502 g/mol. The first-order chi connectivity index (χ1) is 18.0. The van der Waals surface area contributed by atoms with Gasteiger partial charge < -0.3 is 23.9 Å². The van der Waals surface area contributed by atoms with Gasteiger partial charge in [0.1, 0.15) is 6.54 Å². The number of carbonyl (C=O) groups excluding carboxylic acids is 1. The van der Waals surface area contributed by atoms with Crippen LogP contribution in [0.1, 0.15) is 74.1 Å². The first-order valence-electron chi connectivity index (χ1n) is 13.7. The normalized spacial score (nSPS) is 27.1. The van der Waals surface area contributed by atoms with E-state index in [2.05, 4.69) is 30.3 Å². The smallest absolute Gasteiger partial charge is 0.231 e. The van der Waals surface area contributed by atoms with E-state index in [1.807, 2.05) is 36.5 Å². The predicted octanol–water partition coefficient (Wildman–Crippen LogP) is 4.31. The molecule has 37 heavy (non-hydrogen) atoms. The van der Waals surface area contributed by atoms with Crippen LogP contribution in [0.25, 0.3) is 0 Å². The molecule has 6 heteroatoms. The standard InChI is InChI=1S/C30H37N2O2.CH2O2/c33-30(25-12-6-2-7-13-25,26-14-8-3-9-15-26)28-31-22-27(34-28)23-32-19-16-29(17-20-32,18-21-32)24-10-4-1-5-11-24;2-1-3/h1-2,4-7,10-13,22,26,33H,3,8-9,14-21,23H2;1H,(H,2,3)/q+1;/p-1/t29?,30-,32?;/m0./s1. The molecule has 1 atom stereocenters. The number of rotatable bonds is 6. The fourth-order valence-corrected chi connectivity index (χ4v) is 7.16. The van der Waals surface area contributed by atoms with Crippen molar-refractivity contribution in [2.24, 2.45) is 5.92 Å². The summed E-state index contributed by atoms with van der Waals surface area (Å²) in [5, 5.41) is 20.4. The van der Waals surface area contributed by atoms with Gasteiger partial charge in [-0.25, -0.2) is 4.98 Å². The number of nitrogens with zero attached hydrogens (tertiary/aromatic N) is 2. The molecule has 4 aliphatic rings. The molecule has 4 fully saturated rings. The Kier molecular flexibility index (Phi) is 7.50. The van der Waals surface area contributed by atoms with E-state index in [0.717, 1.165) is 48.0 Å². The Morgan fingerprint density at radius 3 is 2.14 bits per heavy atom. The van der Waals surface area contributed by atoms with Crippen molar-refractivity contribution in [1.82, 2.24) is 4.98 Å². The molecule has 196 valence electrons. The molecule has 0 unspecified atom stereocenters. The molecule has 1 saturated carbocycles. The van der Waals surface area contributed by atoms with E-state index in [-0.39, 0.29) is 5.92 Å². The quantitative estimate of drug-likeness (QED) is 0.401. The van der Waals surface area contributed by atoms with Crippen LogP contribution in [-0.2, 0) is 22.4 Å². The molecular formula is C31H38N2O4. The molecule has 1 aromatic heterocycles. The second-order valence-corrected chi connectivity index (χ2v) is 11.3. The molecule has 7 rings (SSSR count). The second-order valence-electron chi connectivity index (χ2n) is 11.3. The molecule has 2 aromatic carbocycles. The molecule has 3 aromatic rings. The minimum Gasteiger partial charge on any atom is -0.554 e. The Morgan fingerprint density at radius 1 is 0.973 bits per heavy atom. The summed E-state index contributed by atoms with van der Waals surface area (Å²) in [7, 11) is 0. The van der Waals surface area contributed by atoms with Crippen LogP contribution in [-0.4, -0.2) is 40.7 Å². The van der Waals surface area contributed by atoms with Gasteiger partial charge in [-0.3, -0.25) is 0 Å². The summed E-state index contributed by atoms with van der Waals surface area (Å²) in [6.07, 6.45) is 11.2. The van der Waals surface area contributed by atoms with E-state index in [9.17, 15) is 5.11 Å². The van der Waals surface area contributed by atoms with Crippen LogP contribution in [0.4, 0.5) is 0 Å². The molecule has 3 saturated heterocycles. The summed E-state index contributed by atoms with van der Waals surface area (Å²) < 4.78 is 7.53. The molecule has 4 heterocycles. The highest BCUT2D eigenvalue weighted by atomic mass is 16.4. The Morgan fingerprint density at radius 2 is 1.54 bits per heavy atom. The van der Waals surface area contributed by atoms with Gasteiger partial charge in [-0.05, 0) is 24.0 Å². The maximum Gasteiger partial charge on any atom is 0.231 e. The Labute approximate surface area is 219 Å². The molecule has 1 aliphatic carbocycles. The molecule has 0 spiro atoms. The van der Waals surface area contributed by atoms with Crippen LogP contribution < -0.4 is 5.11 Å². The fourth-order valence-electron chi connectivity index (χ4n) is 7.16. The summed E-state index contributed by atoms with van der Waals surface area (Å²) in [5.41, 5.74) is 1.65. The summed E-state index contributed by atoms with van der Waals surface area (Å²) in [6, 6.07) is 21.2. The molecule has 0 amide bonds. The highest BCUT2D eigenvalue weighted by Gasteiger charge is 2.50. The largest absolute Gasteiger partial charge is 0.554 e. The van der Waals surface area contributed by atoms with Crippen LogP contribution in [0.5, 0.6) is 0 Å². The summed E-state index contributed by atoms with van der Waals surface area (Å²) >= 11 is 0. The lowest BCUT2D eigenvalue weighted by atomic mass is 9.66. The number of oxazole rings is 1. The highest BCUT2D eigenvalue weighted by Crippen LogP contribution is 2.47. The fraction of sp³-hybridized carbons (Fsp3) is 0.484. The maximum absolute atomic E-state index is 12.1. The van der Waals surface area contributed by atoms with Crippen LogP contribution in [0.2, 0.25) is 0 Å². The number of quaternary nitrogens is 1. The third-order valence-corrected chi connectivity index (χ3v) is 9.36. The molecule has 0 radical (unpaired) electrons. The number of hydrogen-bond acceptors (Lipinski definition) is 5. The lowest BCUT2D eigenvalue weighted by molar-refractivity contribution is -0.956. The average molecular weight is 503 g/mol. The molecular weight excluding hydrogens is 464 g/mol. The van der Waals surface area contributed by atoms with E-state index in [4.69, 9.17) is 19.3 Å². The van der Waals surface area contributed by atoms with Gasteiger partial charge in [-0.1, -0.05) is 79.9 Å². The summed E-state index contributed by atoms with van der Waals surface area (Å²) in [6.45, 7) is 3.96. The molecule has 1 N–H and O–H groups in total. The molecule has 3 aliphatic heterocycles. The van der Waals surface area contributed by atoms with Gasteiger partial charge in [-0.2, -0.15) is 0 Å². The van der Waals surface area contributed by atoms with E-state index in [1.54, 1.807) is 0 Å². The number of carboxylic acid groups (broad SMARTS) is 1. The SMILES string of the molecule is O=C[O-].O[C@](c1ccccc1)(c1ncc(C[N+]23CCC(c4ccccc4)(CC2)CC3)o1)C1CCCCC1. The van der Waals surface area contributed by atoms with Crippen molar-refractivity contribution in [3.8, 4) is 0 Å². The zero-order valence-electron chi connectivity index (χ0n) is 21.6. The van der Waals surface area contributed by atoms with Crippen molar-refractivity contribution >= 4 is 6.47 Å². The van der Waals surface area contributed by atoms with E-state index in [0.29, 0.717) is 11.3 Å². The minimum atomic E-state index is -1.15. The minimum absolute atomic E-state index is 0.152. The molecule has 2 bridgehead atoms. The van der Waals surface area contributed by atoms with Crippen LogP contribution in [0.15, 0.2) is 71.3 Å². The van der Waals surface area contributed by atoms with Crippen molar-refractivity contribution in [2.75, 3.05) is 19.6 Å². The van der Waals surface area contributed by atoms with Gasteiger partial charge in [0, 0.05) is 37.1 Å². The second kappa shape index (κ2) is 10.8. The number of fused-ring (bicyclic) bond motifs is 3. The lowest BCUT2D eigenvalue weighted by Crippen LogP contribution is -2.62. The van der Waals surface area contributed by atoms with E-state index >= 15 is 0 Å². The zero-order valence-corrected chi connectivity index (χ0v) is 21.6. The lowest BCUT2D eigenvalue weighted by Gasteiger charge is -2.54. The summed E-state index contributed by atoms with van der Waals surface area (Å²) in [4.78, 5) is 13.0. The molecule has 6 nitrogen and oxygen atoms in total. The Balaban J connectivity index is 0.000000892. The van der Waals surface area contributed by atoms with Crippen molar-refractivity contribution in [3.63, 3.8) is 0 Å². The van der Waals surface area contributed by atoms with Gasteiger partial charge in [0.15, 0.2) is 11.4 Å². The summed E-state index contributed by atoms with van der Waals surface area (Å²) in [5.74, 6) is 1.57. The van der Waals surface area contributed by atoms with E-state index in [1.165, 1.54) is 50.9 Å². The van der Waals surface area contributed by atoms with E-state index < -0.39 is 12.1 Å². The number of carbonyl (C=O) groups is 1. The first-order valence-corrected chi connectivity index (χ1v) is 13.7. The van der Waals surface area contributed by atoms with Gasteiger partial charge in [0.25, 0.3) is 0 Å². The van der Waals surface area contributed by atoms with Crippen molar-refractivity contribution in [2.45, 2.75) is 68.9 Å². The zero-order chi connectivity index (χ0) is 25.8. The van der Waals surface area contributed by atoms with Crippen molar-refractivity contribution in [3.05, 3.63) is 89.6 Å². The third kappa shape index (κ3) is 4.97. The van der Waals surface area contributed by atoms with Gasteiger partial charge in [0.05, 0.1) is 25.8 Å². The van der Waals surface area contributed by atoms with Crippen LogP contribution >= 0.6 is 0 Å². The number of hydrogen-bond donors (Lipinski definition) is 1. The van der Waals surface area contributed by atoms with Crippen LogP contribution in [0, 0.1) is 5.92 Å². The van der Waals surface area contributed by atoms with Gasteiger partial charge in [0.2, 0.25) is 5.89 Å². The maximum atomic E-state index is 12.1. The number of benzene rings is 2. The van der Waals surface area contributed by atoms with Crippen molar-refractivity contribution < 1.29 is 23.9 Å². The highest BCUT2D eigenvalue weighted by molar-refractivity contribution is 5.30. The van der Waals surface area contributed by atoms with Crippen LogP contribution in [0.3, 0.4) is 0 Å². The average Bonchev–Trinajstić information content (AvgIpc) is 3.44. The first kappa shape index (κ1) is 25.7. The predicted molar refractivity (Wildman–Crippen MR) is 139 cm³/mol. The topological polar surface area (TPSA) is 86.4 Å². The van der Waals surface area contributed by atoms with Gasteiger partial charge >= 0.3 is 0 Å². The van der Waals surface area contributed by atoms with Gasteiger partial charge in [-0.15, -0.1) is 0 Å². The number of aliphatic hydroxyl groups is 1.